The van der Waals surface area contributed by atoms with E-state index < -0.39 is 0 Å². The summed E-state index contributed by atoms with van der Waals surface area (Å²) in [6, 6.07) is 8.51. The molecule has 1 aromatic carbocycles. The Morgan fingerprint density at radius 1 is 1.29 bits per heavy atom. The van der Waals surface area contributed by atoms with E-state index in [0.717, 1.165) is 43.3 Å². The summed E-state index contributed by atoms with van der Waals surface area (Å²) in [7, 11) is 2.00. The van der Waals surface area contributed by atoms with Gasteiger partial charge >= 0.3 is 0 Å². The number of aryl methyl sites for hydroxylation is 2. The Bertz CT molecular complexity index is 781. The normalized spacial score (nSPS) is 12.7. The van der Waals surface area contributed by atoms with Crippen molar-refractivity contribution >= 4 is 5.96 Å². The SMILES string of the molecule is CCNC(=NCCc1cccc(OCC)c1)NC(C)Cc1c(C)nn(C)c1C. The van der Waals surface area contributed by atoms with Crippen LogP contribution in [0.1, 0.15) is 43.3 Å². The van der Waals surface area contributed by atoms with Crippen LogP contribution in [-0.2, 0) is 19.9 Å². The van der Waals surface area contributed by atoms with Crippen molar-refractivity contribution < 1.29 is 4.74 Å². The van der Waals surface area contributed by atoms with Crippen LogP contribution in [0.4, 0.5) is 0 Å². The smallest absolute Gasteiger partial charge is 0.191 e. The third-order valence-electron chi connectivity index (χ3n) is 4.78. The molecule has 0 aliphatic heterocycles. The minimum absolute atomic E-state index is 0.265. The number of benzene rings is 1. The zero-order valence-corrected chi connectivity index (χ0v) is 18.2. The van der Waals surface area contributed by atoms with Gasteiger partial charge in [0.05, 0.1) is 12.3 Å². The lowest BCUT2D eigenvalue weighted by molar-refractivity contribution is 0.340. The molecule has 0 aliphatic carbocycles. The van der Waals surface area contributed by atoms with Crippen LogP contribution in [0.2, 0.25) is 0 Å². The van der Waals surface area contributed by atoms with Gasteiger partial charge in [0.15, 0.2) is 5.96 Å². The van der Waals surface area contributed by atoms with Gasteiger partial charge in [-0.05, 0) is 70.7 Å². The fourth-order valence-electron chi connectivity index (χ4n) is 3.28. The maximum absolute atomic E-state index is 5.58. The predicted molar refractivity (Wildman–Crippen MR) is 116 cm³/mol. The molecule has 2 N–H and O–H groups in total. The van der Waals surface area contributed by atoms with Gasteiger partial charge in [-0.15, -0.1) is 0 Å². The molecular weight excluding hydrogens is 350 g/mol. The second kappa shape index (κ2) is 10.7. The maximum atomic E-state index is 5.58. The number of hydrogen-bond donors (Lipinski definition) is 2. The first-order chi connectivity index (χ1) is 13.4. The van der Waals surface area contributed by atoms with Gasteiger partial charge in [-0.3, -0.25) is 9.67 Å². The molecule has 0 amide bonds. The molecule has 2 aromatic rings. The van der Waals surface area contributed by atoms with Crippen molar-refractivity contribution in [1.29, 1.82) is 0 Å². The molecule has 1 aromatic heterocycles. The third-order valence-corrected chi connectivity index (χ3v) is 4.78. The number of hydrogen-bond acceptors (Lipinski definition) is 3. The summed E-state index contributed by atoms with van der Waals surface area (Å²) in [6.07, 6.45) is 1.80. The van der Waals surface area contributed by atoms with E-state index in [-0.39, 0.29) is 6.04 Å². The van der Waals surface area contributed by atoms with Crippen molar-refractivity contribution in [2.24, 2.45) is 12.0 Å². The molecule has 0 bridgehead atoms. The Kier molecular flexibility index (Phi) is 8.36. The summed E-state index contributed by atoms with van der Waals surface area (Å²) < 4.78 is 7.53. The Hall–Kier alpha value is -2.50. The lowest BCUT2D eigenvalue weighted by Gasteiger charge is -2.18. The van der Waals surface area contributed by atoms with Crippen molar-refractivity contribution in [1.82, 2.24) is 20.4 Å². The fraction of sp³-hybridized carbons (Fsp3) is 0.545. The highest BCUT2D eigenvalue weighted by molar-refractivity contribution is 5.80. The van der Waals surface area contributed by atoms with Crippen LogP contribution < -0.4 is 15.4 Å². The zero-order valence-electron chi connectivity index (χ0n) is 18.2. The fourth-order valence-corrected chi connectivity index (χ4v) is 3.28. The van der Waals surface area contributed by atoms with Gasteiger partial charge < -0.3 is 15.4 Å². The molecule has 0 radical (unpaired) electrons. The molecule has 0 fully saturated rings. The standard InChI is InChI=1S/C22H35N5O/c1-7-23-22(24-13-12-19-10-9-11-20(15-19)28-8-2)25-16(3)14-21-17(4)26-27(6)18(21)5/h9-11,15-16H,7-8,12-14H2,1-6H3,(H2,23,24,25). The van der Waals surface area contributed by atoms with Gasteiger partial charge in [0.25, 0.3) is 0 Å². The molecule has 6 heteroatoms. The Balaban J connectivity index is 1.95. The Morgan fingerprint density at radius 3 is 2.71 bits per heavy atom. The highest BCUT2D eigenvalue weighted by atomic mass is 16.5. The molecule has 0 aliphatic rings. The average molecular weight is 386 g/mol. The lowest BCUT2D eigenvalue weighted by atomic mass is 10.1. The van der Waals surface area contributed by atoms with Crippen LogP contribution in [0.15, 0.2) is 29.3 Å². The molecule has 1 heterocycles. The average Bonchev–Trinajstić information content (AvgIpc) is 2.88. The van der Waals surface area contributed by atoms with Gasteiger partial charge in [0.2, 0.25) is 0 Å². The van der Waals surface area contributed by atoms with E-state index in [2.05, 4.69) is 55.6 Å². The second-order valence-electron chi connectivity index (χ2n) is 7.11. The first kappa shape index (κ1) is 21.8. The number of ether oxygens (including phenoxy) is 1. The van der Waals surface area contributed by atoms with Crippen LogP contribution in [0.25, 0.3) is 0 Å². The number of guanidine groups is 1. The van der Waals surface area contributed by atoms with E-state index in [0.29, 0.717) is 6.61 Å². The largest absolute Gasteiger partial charge is 0.494 e. The van der Waals surface area contributed by atoms with E-state index in [1.165, 1.54) is 16.8 Å². The minimum atomic E-state index is 0.265. The predicted octanol–water partition coefficient (Wildman–Crippen LogP) is 3.16. The number of nitrogens with one attached hydrogen (secondary N) is 2. The van der Waals surface area contributed by atoms with E-state index in [4.69, 9.17) is 9.73 Å². The molecule has 1 unspecified atom stereocenters. The van der Waals surface area contributed by atoms with Crippen molar-refractivity contribution in [2.45, 2.75) is 53.5 Å². The van der Waals surface area contributed by atoms with Gasteiger partial charge in [0.1, 0.15) is 5.75 Å². The molecule has 2 rings (SSSR count). The third kappa shape index (κ3) is 6.29. The first-order valence-electron chi connectivity index (χ1n) is 10.2. The van der Waals surface area contributed by atoms with Crippen LogP contribution >= 0.6 is 0 Å². The summed E-state index contributed by atoms with van der Waals surface area (Å²) in [5, 5.41) is 11.4. The Morgan fingerprint density at radius 2 is 2.07 bits per heavy atom. The van der Waals surface area contributed by atoms with E-state index in [9.17, 15) is 0 Å². The minimum Gasteiger partial charge on any atom is -0.494 e. The molecule has 28 heavy (non-hydrogen) atoms. The van der Waals surface area contributed by atoms with Gasteiger partial charge in [-0.1, -0.05) is 12.1 Å². The van der Waals surface area contributed by atoms with Crippen LogP contribution in [0.5, 0.6) is 5.75 Å². The molecule has 0 spiro atoms. The summed E-state index contributed by atoms with van der Waals surface area (Å²) >= 11 is 0. The number of aromatic nitrogens is 2. The quantitative estimate of drug-likeness (QED) is 0.514. The monoisotopic (exact) mass is 385 g/mol. The molecule has 6 nitrogen and oxygen atoms in total. The highest BCUT2D eigenvalue weighted by Gasteiger charge is 2.14. The zero-order chi connectivity index (χ0) is 20.5. The number of nitrogens with zero attached hydrogens (tertiary/aromatic N) is 3. The van der Waals surface area contributed by atoms with Crippen LogP contribution in [-0.4, -0.2) is 41.5 Å². The summed E-state index contributed by atoms with van der Waals surface area (Å²) in [5.41, 5.74) is 4.87. The lowest BCUT2D eigenvalue weighted by Crippen LogP contribution is -2.43. The summed E-state index contributed by atoms with van der Waals surface area (Å²) in [4.78, 5) is 4.75. The number of aliphatic imine (C=N–C) groups is 1. The van der Waals surface area contributed by atoms with Crippen molar-refractivity contribution in [3.63, 3.8) is 0 Å². The molecular formula is C22H35N5O. The maximum Gasteiger partial charge on any atom is 0.191 e. The van der Waals surface area contributed by atoms with Crippen LogP contribution in [0.3, 0.4) is 0 Å². The molecule has 0 saturated carbocycles. The first-order valence-corrected chi connectivity index (χ1v) is 10.2. The second-order valence-corrected chi connectivity index (χ2v) is 7.11. The van der Waals surface area contributed by atoms with Crippen molar-refractivity contribution in [2.75, 3.05) is 19.7 Å². The van der Waals surface area contributed by atoms with Gasteiger partial charge in [0, 0.05) is 31.9 Å². The molecule has 1 atom stereocenters. The topological polar surface area (TPSA) is 63.5 Å². The highest BCUT2D eigenvalue weighted by Crippen LogP contribution is 2.15. The van der Waals surface area contributed by atoms with E-state index in [1.807, 2.05) is 30.8 Å². The summed E-state index contributed by atoms with van der Waals surface area (Å²) in [5.74, 6) is 1.78. The van der Waals surface area contributed by atoms with Crippen molar-refractivity contribution in [3.05, 3.63) is 46.8 Å². The van der Waals surface area contributed by atoms with Crippen LogP contribution in [0, 0.1) is 13.8 Å². The van der Waals surface area contributed by atoms with E-state index >= 15 is 0 Å². The van der Waals surface area contributed by atoms with E-state index in [1.54, 1.807) is 0 Å². The number of rotatable bonds is 9. The molecule has 154 valence electrons. The Labute approximate surface area is 169 Å². The van der Waals surface area contributed by atoms with Crippen molar-refractivity contribution in [3.8, 4) is 5.75 Å². The van der Waals surface area contributed by atoms with Gasteiger partial charge in [-0.25, -0.2) is 0 Å². The van der Waals surface area contributed by atoms with Gasteiger partial charge in [-0.2, -0.15) is 5.10 Å². The molecule has 0 saturated heterocycles. The summed E-state index contributed by atoms with van der Waals surface area (Å²) in [6.45, 7) is 12.7.